The number of fused-ring (bicyclic) bond motifs is 1. The van der Waals surface area contributed by atoms with Crippen LogP contribution in [0.2, 0.25) is 0 Å². The first-order chi connectivity index (χ1) is 12.2. The van der Waals surface area contributed by atoms with E-state index in [-0.39, 0.29) is 11.7 Å². The summed E-state index contributed by atoms with van der Waals surface area (Å²) in [6.45, 7) is 2.12. The Morgan fingerprint density at radius 3 is 2.72 bits per heavy atom. The van der Waals surface area contributed by atoms with Gasteiger partial charge in [0.2, 0.25) is 0 Å². The lowest BCUT2D eigenvalue weighted by Crippen LogP contribution is -2.19. The Morgan fingerprint density at radius 1 is 1.24 bits per heavy atom. The maximum absolute atomic E-state index is 12.0. The van der Waals surface area contributed by atoms with Crippen molar-refractivity contribution in [2.24, 2.45) is 12.1 Å². The summed E-state index contributed by atoms with van der Waals surface area (Å²) in [5.41, 5.74) is 6.78. The van der Waals surface area contributed by atoms with Crippen LogP contribution in [0, 0.1) is 0 Å². The van der Waals surface area contributed by atoms with E-state index in [1.54, 1.807) is 6.21 Å². The molecule has 0 aliphatic carbocycles. The Hall–Kier alpha value is -2.60. The normalized spacial score (nSPS) is 11.3. The predicted octanol–water partition coefficient (Wildman–Crippen LogP) is 3.38. The molecule has 3 aromatic rings. The fraction of sp³-hybridized carbons (Fsp3) is 0.211. The van der Waals surface area contributed by atoms with Crippen LogP contribution < -0.4 is 5.43 Å². The van der Waals surface area contributed by atoms with Gasteiger partial charge >= 0.3 is 0 Å². The molecule has 6 heteroatoms. The number of benzene rings is 2. The lowest BCUT2D eigenvalue weighted by molar-refractivity contribution is -0.118. The van der Waals surface area contributed by atoms with Crippen LogP contribution in [-0.4, -0.2) is 27.4 Å². The predicted molar refractivity (Wildman–Crippen MR) is 103 cm³/mol. The van der Waals surface area contributed by atoms with Crippen LogP contribution in [0.1, 0.15) is 18.1 Å². The van der Waals surface area contributed by atoms with Gasteiger partial charge in [-0.1, -0.05) is 55.1 Å². The number of nitrogens with zero attached hydrogens (tertiary/aromatic N) is 3. The van der Waals surface area contributed by atoms with Gasteiger partial charge in [-0.25, -0.2) is 10.4 Å². The van der Waals surface area contributed by atoms with Crippen LogP contribution in [0.15, 0.2) is 58.8 Å². The van der Waals surface area contributed by atoms with Crippen molar-refractivity contribution in [3.05, 3.63) is 59.7 Å². The van der Waals surface area contributed by atoms with E-state index >= 15 is 0 Å². The number of nitrogens with one attached hydrogen (secondary N) is 1. The van der Waals surface area contributed by atoms with E-state index in [0.717, 1.165) is 28.2 Å². The second-order valence-electron chi connectivity index (χ2n) is 5.62. The lowest BCUT2D eigenvalue weighted by atomic mass is 10.1. The quantitative estimate of drug-likeness (QED) is 0.420. The molecule has 0 atom stereocenters. The fourth-order valence-corrected chi connectivity index (χ4v) is 3.21. The molecule has 0 aliphatic heterocycles. The molecule has 25 heavy (non-hydrogen) atoms. The third-order valence-electron chi connectivity index (χ3n) is 3.87. The van der Waals surface area contributed by atoms with Crippen molar-refractivity contribution in [2.75, 3.05) is 5.75 Å². The minimum Gasteiger partial charge on any atom is -0.322 e. The molecular formula is C19H20N4OS. The SMILES string of the molecule is CCc1ccc(/C=N/NC(=O)CSc2nc3ccccc3n2C)cc1. The molecule has 0 spiro atoms. The van der Waals surface area contributed by atoms with Crippen molar-refractivity contribution >= 4 is 34.9 Å². The third-order valence-corrected chi connectivity index (χ3v) is 4.90. The molecule has 0 saturated heterocycles. The van der Waals surface area contributed by atoms with E-state index in [9.17, 15) is 4.79 Å². The maximum Gasteiger partial charge on any atom is 0.250 e. The molecule has 1 amide bonds. The van der Waals surface area contributed by atoms with E-state index in [1.165, 1.54) is 17.3 Å². The van der Waals surface area contributed by atoms with Crippen molar-refractivity contribution < 1.29 is 4.79 Å². The van der Waals surface area contributed by atoms with Crippen LogP contribution in [0.5, 0.6) is 0 Å². The highest BCUT2D eigenvalue weighted by Gasteiger charge is 2.09. The summed E-state index contributed by atoms with van der Waals surface area (Å²) in [5.74, 6) is 0.113. The Bertz CT molecular complexity index is 899. The summed E-state index contributed by atoms with van der Waals surface area (Å²) in [6, 6.07) is 16.0. The molecular weight excluding hydrogens is 332 g/mol. The first-order valence-corrected chi connectivity index (χ1v) is 9.11. The molecule has 2 aromatic carbocycles. The second kappa shape index (κ2) is 7.98. The summed E-state index contributed by atoms with van der Waals surface area (Å²) >= 11 is 1.40. The van der Waals surface area contributed by atoms with Gasteiger partial charge in [0.1, 0.15) is 0 Å². The van der Waals surface area contributed by atoms with E-state index in [1.807, 2.05) is 48.0 Å². The monoisotopic (exact) mass is 352 g/mol. The van der Waals surface area contributed by atoms with E-state index in [0.29, 0.717) is 0 Å². The van der Waals surface area contributed by atoms with Gasteiger partial charge in [-0.15, -0.1) is 0 Å². The van der Waals surface area contributed by atoms with Gasteiger partial charge in [0, 0.05) is 7.05 Å². The molecule has 1 N–H and O–H groups in total. The number of hydrogen-bond acceptors (Lipinski definition) is 4. The first kappa shape index (κ1) is 17.2. The minimum absolute atomic E-state index is 0.154. The standard InChI is InChI=1S/C19H20N4OS/c1-3-14-8-10-15(11-9-14)12-20-22-18(24)13-25-19-21-16-6-4-5-7-17(16)23(19)2/h4-12H,3,13H2,1-2H3,(H,22,24)/b20-12+. The zero-order chi connectivity index (χ0) is 17.6. The molecule has 5 nitrogen and oxygen atoms in total. The third kappa shape index (κ3) is 4.28. The summed E-state index contributed by atoms with van der Waals surface area (Å²) in [7, 11) is 1.95. The molecule has 1 aromatic heterocycles. The Morgan fingerprint density at radius 2 is 2.00 bits per heavy atom. The number of aryl methyl sites for hydroxylation is 2. The van der Waals surface area contributed by atoms with E-state index in [2.05, 4.69) is 34.6 Å². The zero-order valence-corrected chi connectivity index (χ0v) is 15.1. The Balaban J connectivity index is 1.53. The van der Waals surface area contributed by atoms with Crippen molar-refractivity contribution in [2.45, 2.75) is 18.5 Å². The van der Waals surface area contributed by atoms with Gasteiger partial charge in [-0.3, -0.25) is 4.79 Å². The van der Waals surface area contributed by atoms with Crippen molar-refractivity contribution in [1.29, 1.82) is 0 Å². The average Bonchev–Trinajstić information content (AvgIpc) is 2.97. The number of carbonyl (C=O) groups excluding carboxylic acids is 1. The van der Waals surface area contributed by atoms with Crippen molar-refractivity contribution in [3.8, 4) is 0 Å². The molecule has 0 unspecified atom stereocenters. The highest BCUT2D eigenvalue weighted by atomic mass is 32.2. The summed E-state index contributed by atoms with van der Waals surface area (Å²) in [4.78, 5) is 16.5. The van der Waals surface area contributed by atoms with Gasteiger partial charge < -0.3 is 4.57 Å². The molecule has 3 rings (SSSR count). The number of hydrogen-bond donors (Lipinski definition) is 1. The fourth-order valence-electron chi connectivity index (χ4n) is 2.43. The number of aromatic nitrogens is 2. The van der Waals surface area contributed by atoms with Gasteiger partial charge in [0.15, 0.2) is 5.16 Å². The average molecular weight is 352 g/mol. The van der Waals surface area contributed by atoms with Crippen molar-refractivity contribution in [1.82, 2.24) is 15.0 Å². The van der Waals surface area contributed by atoms with Gasteiger partial charge in [0.05, 0.1) is 23.0 Å². The Labute approximate surface area is 151 Å². The summed E-state index contributed by atoms with van der Waals surface area (Å²) in [5, 5.41) is 4.82. The number of carbonyl (C=O) groups is 1. The maximum atomic E-state index is 12.0. The number of amides is 1. The van der Waals surface area contributed by atoms with Crippen LogP contribution in [0.25, 0.3) is 11.0 Å². The molecule has 0 aliphatic rings. The first-order valence-electron chi connectivity index (χ1n) is 8.12. The van der Waals surface area contributed by atoms with E-state index in [4.69, 9.17) is 0 Å². The van der Waals surface area contributed by atoms with Gasteiger partial charge in [-0.05, 0) is 29.7 Å². The number of para-hydroxylation sites is 2. The zero-order valence-electron chi connectivity index (χ0n) is 14.3. The highest BCUT2D eigenvalue weighted by Crippen LogP contribution is 2.22. The van der Waals surface area contributed by atoms with Crippen LogP contribution in [0.4, 0.5) is 0 Å². The lowest BCUT2D eigenvalue weighted by Gasteiger charge is -2.02. The highest BCUT2D eigenvalue weighted by molar-refractivity contribution is 7.99. The topological polar surface area (TPSA) is 59.3 Å². The van der Waals surface area contributed by atoms with Crippen LogP contribution >= 0.6 is 11.8 Å². The number of hydrazone groups is 1. The molecule has 1 heterocycles. The minimum atomic E-state index is -0.154. The Kier molecular flexibility index (Phi) is 5.50. The molecule has 0 radical (unpaired) electrons. The van der Waals surface area contributed by atoms with Gasteiger partial charge in [-0.2, -0.15) is 5.10 Å². The molecule has 128 valence electrons. The number of rotatable bonds is 6. The largest absolute Gasteiger partial charge is 0.322 e. The second-order valence-corrected chi connectivity index (χ2v) is 6.56. The summed E-state index contributed by atoms with van der Waals surface area (Å²) < 4.78 is 1.99. The van der Waals surface area contributed by atoms with Gasteiger partial charge in [0.25, 0.3) is 5.91 Å². The van der Waals surface area contributed by atoms with Crippen molar-refractivity contribution in [3.63, 3.8) is 0 Å². The number of imidazole rings is 1. The van der Waals surface area contributed by atoms with Crippen LogP contribution in [-0.2, 0) is 18.3 Å². The smallest absolute Gasteiger partial charge is 0.250 e. The number of thioether (sulfide) groups is 1. The molecule has 0 saturated carbocycles. The van der Waals surface area contributed by atoms with Crippen LogP contribution in [0.3, 0.4) is 0 Å². The summed E-state index contributed by atoms with van der Waals surface area (Å²) in [6.07, 6.45) is 2.66. The molecule has 0 bridgehead atoms. The van der Waals surface area contributed by atoms with E-state index < -0.39 is 0 Å². The molecule has 0 fully saturated rings.